The van der Waals surface area contributed by atoms with Crippen molar-refractivity contribution in [1.82, 2.24) is 0 Å². The maximum Gasteiger partial charge on any atom is 0.221 e. The molecule has 0 spiro atoms. The lowest BCUT2D eigenvalue weighted by atomic mass is 10.0. The third-order valence-electron chi connectivity index (χ3n) is 1.69. The van der Waals surface area contributed by atoms with Crippen LogP contribution < -0.4 is 5.73 Å². The highest BCUT2D eigenvalue weighted by atomic mass is 19.1. The predicted octanol–water partition coefficient (Wildman–Crippen LogP) is 1.50. The van der Waals surface area contributed by atoms with Crippen molar-refractivity contribution in [1.29, 1.82) is 0 Å². The van der Waals surface area contributed by atoms with Gasteiger partial charge in [-0.2, -0.15) is 0 Å². The van der Waals surface area contributed by atoms with Crippen molar-refractivity contribution >= 4 is 12.0 Å². The highest BCUT2D eigenvalue weighted by Crippen LogP contribution is 2.12. The van der Waals surface area contributed by atoms with Gasteiger partial charge in [-0.05, 0) is 23.3 Å². The average Bonchev–Trinajstić information content (AvgIpc) is 2.07. The van der Waals surface area contributed by atoms with Crippen LogP contribution in [0.4, 0.5) is 4.39 Å². The largest absolute Gasteiger partial charge is 0.369 e. The molecule has 13 heavy (non-hydrogen) atoms. The van der Waals surface area contributed by atoms with Crippen LogP contribution in [0.1, 0.15) is 11.1 Å². The maximum atomic E-state index is 12.7. The maximum absolute atomic E-state index is 12.7. The van der Waals surface area contributed by atoms with Gasteiger partial charge in [0.05, 0.1) is 6.42 Å². The third kappa shape index (κ3) is 2.40. The summed E-state index contributed by atoms with van der Waals surface area (Å²) in [5, 5.41) is 0. The Kier molecular flexibility index (Phi) is 2.80. The summed E-state index contributed by atoms with van der Waals surface area (Å²) in [5.41, 5.74) is 6.33. The summed E-state index contributed by atoms with van der Waals surface area (Å²) in [7, 11) is 0. The van der Waals surface area contributed by atoms with E-state index in [1.54, 1.807) is 0 Å². The number of carbonyl (C=O) groups excluding carboxylic acids is 1. The summed E-state index contributed by atoms with van der Waals surface area (Å²) in [6.07, 6.45) is 1.61. The van der Waals surface area contributed by atoms with Crippen LogP contribution in [0.2, 0.25) is 0 Å². The van der Waals surface area contributed by atoms with Crippen LogP contribution in [-0.4, -0.2) is 5.91 Å². The van der Waals surface area contributed by atoms with E-state index >= 15 is 0 Å². The number of carbonyl (C=O) groups is 1. The first kappa shape index (κ1) is 9.45. The van der Waals surface area contributed by atoms with Gasteiger partial charge in [0, 0.05) is 0 Å². The lowest BCUT2D eigenvalue weighted by Crippen LogP contribution is -2.14. The highest BCUT2D eigenvalue weighted by Gasteiger charge is 2.03. The Morgan fingerprint density at radius 2 is 2.31 bits per heavy atom. The number of rotatable bonds is 3. The molecule has 1 amide bonds. The molecule has 0 fully saturated rings. The van der Waals surface area contributed by atoms with Crippen molar-refractivity contribution in [2.75, 3.05) is 0 Å². The summed E-state index contributed by atoms with van der Waals surface area (Å²) in [6, 6.07) is 4.16. The van der Waals surface area contributed by atoms with E-state index in [0.717, 1.165) is 0 Å². The van der Waals surface area contributed by atoms with E-state index in [9.17, 15) is 9.18 Å². The van der Waals surface area contributed by atoms with E-state index in [-0.39, 0.29) is 12.2 Å². The van der Waals surface area contributed by atoms with Gasteiger partial charge in [-0.3, -0.25) is 4.79 Å². The first-order valence-electron chi connectivity index (χ1n) is 3.82. The van der Waals surface area contributed by atoms with Crippen LogP contribution in [0.3, 0.4) is 0 Å². The van der Waals surface area contributed by atoms with Crippen molar-refractivity contribution in [3.05, 3.63) is 41.7 Å². The molecule has 0 aliphatic heterocycles. The molecule has 0 aliphatic rings. The van der Waals surface area contributed by atoms with Gasteiger partial charge in [0.1, 0.15) is 5.82 Å². The molecule has 1 rings (SSSR count). The van der Waals surface area contributed by atoms with Gasteiger partial charge in [0.15, 0.2) is 0 Å². The van der Waals surface area contributed by atoms with Gasteiger partial charge < -0.3 is 5.73 Å². The molecule has 3 heteroatoms. The Hall–Kier alpha value is -1.64. The van der Waals surface area contributed by atoms with Crippen molar-refractivity contribution in [3.63, 3.8) is 0 Å². The quantitative estimate of drug-likeness (QED) is 0.750. The topological polar surface area (TPSA) is 43.1 Å². The molecular weight excluding hydrogens is 169 g/mol. The lowest BCUT2D eigenvalue weighted by molar-refractivity contribution is -0.117. The van der Waals surface area contributed by atoms with E-state index in [1.165, 1.54) is 24.3 Å². The number of hydrogen-bond acceptors (Lipinski definition) is 1. The Balaban J connectivity index is 3.05. The summed E-state index contributed by atoms with van der Waals surface area (Å²) in [5.74, 6) is -0.780. The molecule has 0 bridgehead atoms. The van der Waals surface area contributed by atoms with Crippen molar-refractivity contribution in [3.8, 4) is 0 Å². The summed E-state index contributed by atoms with van der Waals surface area (Å²) in [6.45, 7) is 3.52. The van der Waals surface area contributed by atoms with Crippen molar-refractivity contribution in [2.24, 2.45) is 5.73 Å². The van der Waals surface area contributed by atoms with Gasteiger partial charge in [-0.15, -0.1) is 0 Å². The fourth-order valence-electron chi connectivity index (χ4n) is 1.10. The normalized spacial score (nSPS) is 9.62. The van der Waals surface area contributed by atoms with Crippen LogP contribution >= 0.6 is 0 Å². The first-order chi connectivity index (χ1) is 6.13. The van der Waals surface area contributed by atoms with Gasteiger partial charge in [0.25, 0.3) is 0 Å². The Morgan fingerprint density at radius 3 is 2.85 bits per heavy atom. The molecule has 0 aliphatic carbocycles. The number of primary amides is 1. The lowest BCUT2D eigenvalue weighted by Gasteiger charge is -2.02. The first-order valence-corrected chi connectivity index (χ1v) is 3.82. The summed E-state index contributed by atoms with van der Waals surface area (Å²) >= 11 is 0. The van der Waals surface area contributed by atoms with Crippen molar-refractivity contribution in [2.45, 2.75) is 6.42 Å². The molecule has 0 radical (unpaired) electrons. The molecular formula is C10H10FNO. The fourth-order valence-corrected chi connectivity index (χ4v) is 1.10. The molecule has 0 unspecified atom stereocenters. The average molecular weight is 179 g/mol. The number of hydrogen-bond donors (Lipinski definition) is 1. The number of benzene rings is 1. The fraction of sp³-hybridized carbons (Fsp3) is 0.100. The molecule has 2 nitrogen and oxygen atoms in total. The van der Waals surface area contributed by atoms with Crippen LogP contribution in [-0.2, 0) is 11.2 Å². The zero-order valence-electron chi connectivity index (χ0n) is 7.09. The van der Waals surface area contributed by atoms with E-state index in [1.807, 2.05) is 0 Å². The zero-order chi connectivity index (χ0) is 9.84. The molecule has 2 N–H and O–H groups in total. The monoisotopic (exact) mass is 179 g/mol. The van der Waals surface area contributed by atoms with E-state index < -0.39 is 5.91 Å². The van der Waals surface area contributed by atoms with Gasteiger partial charge >= 0.3 is 0 Å². The molecule has 68 valence electrons. The molecule has 0 atom stereocenters. The van der Waals surface area contributed by atoms with Gasteiger partial charge in [-0.25, -0.2) is 4.39 Å². The minimum absolute atomic E-state index is 0.113. The second-order valence-electron chi connectivity index (χ2n) is 2.69. The number of halogens is 1. The Labute approximate surface area is 75.9 Å². The van der Waals surface area contributed by atoms with Crippen LogP contribution in [0.25, 0.3) is 6.08 Å². The van der Waals surface area contributed by atoms with Crippen LogP contribution in [0, 0.1) is 5.82 Å². The van der Waals surface area contributed by atoms with Crippen LogP contribution in [0.5, 0.6) is 0 Å². The molecule has 0 heterocycles. The Bertz CT molecular complexity index is 347. The molecule has 0 aromatic heterocycles. The predicted molar refractivity (Wildman–Crippen MR) is 49.4 cm³/mol. The smallest absolute Gasteiger partial charge is 0.221 e. The number of nitrogens with two attached hydrogens (primary N) is 1. The summed E-state index contributed by atoms with van der Waals surface area (Å²) in [4.78, 5) is 10.6. The summed E-state index contributed by atoms with van der Waals surface area (Å²) < 4.78 is 12.7. The Morgan fingerprint density at radius 1 is 1.62 bits per heavy atom. The van der Waals surface area contributed by atoms with E-state index in [2.05, 4.69) is 6.58 Å². The molecule has 0 saturated heterocycles. The SMILES string of the molecule is C=Cc1cc(F)ccc1CC(N)=O. The van der Waals surface area contributed by atoms with E-state index in [4.69, 9.17) is 5.73 Å². The van der Waals surface area contributed by atoms with Gasteiger partial charge in [0.2, 0.25) is 5.91 Å². The molecule has 1 aromatic rings. The number of amides is 1. The van der Waals surface area contributed by atoms with Crippen LogP contribution in [0.15, 0.2) is 24.8 Å². The minimum Gasteiger partial charge on any atom is -0.369 e. The van der Waals surface area contributed by atoms with Gasteiger partial charge in [-0.1, -0.05) is 18.7 Å². The van der Waals surface area contributed by atoms with E-state index in [0.29, 0.717) is 11.1 Å². The minimum atomic E-state index is -0.435. The second kappa shape index (κ2) is 3.85. The molecule has 1 aromatic carbocycles. The second-order valence-corrected chi connectivity index (χ2v) is 2.69. The molecule has 0 saturated carbocycles. The standard InChI is InChI=1S/C10H10FNO/c1-2-7-5-9(11)4-3-8(7)6-10(12)13/h2-5H,1,6H2,(H2,12,13). The van der Waals surface area contributed by atoms with Crippen molar-refractivity contribution < 1.29 is 9.18 Å². The zero-order valence-corrected chi connectivity index (χ0v) is 7.09. The highest BCUT2D eigenvalue weighted by molar-refractivity contribution is 5.78. The third-order valence-corrected chi connectivity index (χ3v) is 1.69.